The molecule has 1 aliphatic heterocycles. The number of likely N-dealkylation sites (tertiary alicyclic amines) is 1. The highest BCUT2D eigenvalue weighted by molar-refractivity contribution is 4.91. The molecule has 0 spiro atoms. The smallest absolute Gasteiger partial charge is 0.0304 e. The van der Waals surface area contributed by atoms with E-state index in [0.717, 1.165) is 6.54 Å². The number of hydrogen-bond donors (Lipinski definition) is 1. The zero-order valence-electron chi connectivity index (χ0n) is 11.5. The standard InChI is InChI=1S/C13H29N3/c1-5-8-13(2,11-14)16-9-6-7-12(10-16)15(3)4/h12H,5-11,14H2,1-4H3. The van der Waals surface area contributed by atoms with Crippen LogP contribution in [-0.2, 0) is 0 Å². The zero-order chi connectivity index (χ0) is 12.2. The van der Waals surface area contributed by atoms with Crippen LogP contribution in [0.5, 0.6) is 0 Å². The first-order valence-corrected chi connectivity index (χ1v) is 6.65. The Kier molecular flexibility index (Phi) is 5.22. The third kappa shape index (κ3) is 3.19. The molecular weight excluding hydrogens is 198 g/mol. The van der Waals surface area contributed by atoms with Crippen LogP contribution in [0.3, 0.4) is 0 Å². The van der Waals surface area contributed by atoms with Crippen molar-refractivity contribution in [3.05, 3.63) is 0 Å². The predicted octanol–water partition coefficient (Wildman–Crippen LogP) is 1.53. The average molecular weight is 227 g/mol. The molecule has 96 valence electrons. The number of nitrogens with two attached hydrogens (primary N) is 1. The summed E-state index contributed by atoms with van der Waals surface area (Å²) in [5.74, 6) is 0. The Balaban J connectivity index is 2.63. The second-order valence-corrected chi connectivity index (χ2v) is 5.66. The molecule has 1 aliphatic rings. The number of nitrogens with zero attached hydrogens (tertiary/aromatic N) is 2. The molecule has 0 aromatic heterocycles. The molecule has 0 bridgehead atoms. The van der Waals surface area contributed by atoms with Gasteiger partial charge in [0, 0.05) is 24.7 Å². The summed E-state index contributed by atoms with van der Waals surface area (Å²) in [6.45, 7) is 7.76. The number of piperidine rings is 1. The van der Waals surface area contributed by atoms with E-state index in [0.29, 0.717) is 6.04 Å². The molecular formula is C13H29N3. The lowest BCUT2D eigenvalue weighted by Crippen LogP contribution is -2.57. The van der Waals surface area contributed by atoms with Crippen molar-refractivity contribution in [1.29, 1.82) is 0 Å². The molecule has 0 aromatic carbocycles. The van der Waals surface area contributed by atoms with Crippen molar-refractivity contribution in [2.24, 2.45) is 5.73 Å². The summed E-state index contributed by atoms with van der Waals surface area (Å²) >= 11 is 0. The minimum atomic E-state index is 0.212. The monoisotopic (exact) mass is 227 g/mol. The fourth-order valence-corrected chi connectivity index (χ4v) is 2.79. The van der Waals surface area contributed by atoms with Crippen LogP contribution in [0.2, 0.25) is 0 Å². The summed E-state index contributed by atoms with van der Waals surface area (Å²) in [5, 5.41) is 0. The molecule has 0 amide bonds. The van der Waals surface area contributed by atoms with Crippen LogP contribution in [0.25, 0.3) is 0 Å². The lowest BCUT2D eigenvalue weighted by Gasteiger charge is -2.46. The van der Waals surface area contributed by atoms with E-state index in [-0.39, 0.29) is 5.54 Å². The van der Waals surface area contributed by atoms with Crippen LogP contribution < -0.4 is 5.73 Å². The van der Waals surface area contributed by atoms with Gasteiger partial charge in [0.2, 0.25) is 0 Å². The van der Waals surface area contributed by atoms with Crippen molar-refractivity contribution >= 4 is 0 Å². The minimum absolute atomic E-state index is 0.212. The molecule has 0 radical (unpaired) electrons. The Labute approximate surface area is 101 Å². The van der Waals surface area contributed by atoms with Crippen molar-refractivity contribution in [2.45, 2.75) is 51.1 Å². The molecule has 3 nitrogen and oxygen atoms in total. The molecule has 1 rings (SSSR count). The van der Waals surface area contributed by atoms with Gasteiger partial charge in [-0.15, -0.1) is 0 Å². The summed E-state index contributed by atoms with van der Waals surface area (Å²) in [6.07, 6.45) is 5.07. The molecule has 2 atom stereocenters. The highest BCUT2D eigenvalue weighted by Gasteiger charge is 2.33. The highest BCUT2D eigenvalue weighted by Crippen LogP contribution is 2.25. The molecule has 2 N–H and O–H groups in total. The molecule has 16 heavy (non-hydrogen) atoms. The summed E-state index contributed by atoms with van der Waals surface area (Å²) in [6, 6.07) is 0.705. The van der Waals surface area contributed by atoms with Crippen LogP contribution in [0.1, 0.15) is 39.5 Å². The first kappa shape index (κ1) is 13.9. The Morgan fingerprint density at radius 2 is 2.12 bits per heavy atom. The Bertz CT molecular complexity index is 205. The molecule has 3 heteroatoms. The lowest BCUT2D eigenvalue weighted by molar-refractivity contribution is 0.0399. The van der Waals surface area contributed by atoms with Crippen LogP contribution in [-0.4, -0.2) is 55.1 Å². The van der Waals surface area contributed by atoms with E-state index in [1.54, 1.807) is 0 Å². The largest absolute Gasteiger partial charge is 0.329 e. The van der Waals surface area contributed by atoms with Gasteiger partial charge in [0.25, 0.3) is 0 Å². The van der Waals surface area contributed by atoms with Gasteiger partial charge in [-0.25, -0.2) is 0 Å². The lowest BCUT2D eigenvalue weighted by atomic mass is 9.90. The number of rotatable bonds is 5. The fourth-order valence-electron chi connectivity index (χ4n) is 2.79. The second-order valence-electron chi connectivity index (χ2n) is 5.66. The van der Waals surface area contributed by atoms with Crippen LogP contribution in [0.4, 0.5) is 0 Å². The summed E-state index contributed by atoms with van der Waals surface area (Å²) in [5.41, 5.74) is 6.20. The molecule has 1 fully saturated rings. The Hall–Kier alpha value is -0.120. The average Bonchev–Trinajstić information content (AvgIpc) is 2.29. The van der Waals surface area contributed by atoms with Gasteiger partial charge >= 0.3 is 0 Å². The van der Waals surface area contributed by atoms with Gasteiger partial charge in [-0.3, -0.25) is 4.90 Å². The zero-order valence-corrected chi connectivity index (χ0v) is 11.5. The van der Waals surface area contributed by atoms with Gasteiger partial charge in [-0.1, -0.05) is 13.3 Å². The van der Waals surface area contributed by atoms with Crippen molar-refractivity contribution in [3.8, 4) is 0 Å². The minimum Gasteiger partial charge on any atom is -0.329 e. The second kappa shape index (κ2) is 5.99. The van der Waals surface area contributed by atoms with Crippen molar-refractivity contribution in [1.82, 2.24) is 9.80 Å². The van der Waals surface area contributed by atoms with Crippen molar-refractivity contribution < 1.29 is 0 Å². The van der Waals surface area contributed by atoms with E-state index in [4.69, 9.17) is 5.73 Å². The normalized spacial score (nSPS) is 27.0. The van der Waals surface area contributed by atoms with Crippen molar-refractivity contribution in [2.75, 3.05) is 33.7 Å². The number of likely N-dealkylation sites (N-methyl/N-ethyl adjacent to an activating group) is 1. The van der Waals surface area contributed by atoms with Gasteiger partial charge in [0.1, 0.15) is 0 Å². The summed E-state index contributed by atoms with van der Waals surface area (Å²) in [7, 11) is 4.38. The first-order valence-electron chi connectivity index (χ1n) is 6.65. The highest BCUT2D eigenvalue weighted by atomic mass is 15.3. The molecule has 1 heterocycles. The fraction of sp³-hybridized carbons (Fsp3) is 1.00. The molecule has 2 unspecified atom stereocenters. The van der Waals surface area contributed by atoms with E-state index in [1.165, 1.54) is 38.8 Å². The quantitative estimate of drug-likeness (QED) is 0.773. The van der Waals surface area contributed by atoms with Gasteiger partial charge in [-0.2, -0.15) is 0 Å². The molecule has 0 saturated carbocycles. The Morgan fingerprint density at radius 3 is 2.62 bits per heavy atom. The Morgan fingerprint density at radius 1 is 1.44 bits per heavy atom. The van der Waals surface area contributed by atoms with Crippen LogP contribution in [0.15, 0.2) is 0 Å². The van der Waals surface area contributed by atoms with E-state index in [1.807, 2.05) is 0 Å². The van der Waals surface area contributed by atoms with E-state index >= 15 is 0 Å². The number of hydrogen-bond acceptors (Lipinski definition) is 3. The summed E-state index contributed by atoms with van der Waals surface area (Å²) < 4.78 is 0. The maximum atomic E-state index is 5.99. The predicted molar refractivity (Wildman–Crippen MR) is 70.6 cm³/mol. The maximum Gasteiger partial charge on any atom is 0.0304 e. The summed E-state index contributed by atoms with van der Waals surface area (Å²) in [4.78, 5) is 4.97. The van der Waals surface area contributed by atoms with Gasteiger partial charge < -0.3 is 10.6 Å². The van der Waals surface area contributed by atoms with E-state index < -0.39 is 0 Å². The van der Waals surface area contributed by atoms with Crippen LogP contribution >= 0.6 is 0 Å². The third-order valence-corrected chi connectivity index (χ3v) is 4.12. The molecule has 0 aliphatic carbocycles. The molecule has 0 aromatic rings. The topological polar surface area (TPSA) is 32.5 Å². The first-order chi connectivity index (χ1) is 7.53. The molecule has 1 saturated heterocycles. The van der Waals surface area contributed by atoms with Gasteiger partial charge in [0.05, 0.1) is 0 Å². The van der Waals surface area contributed by atoms with Gasteiger partial charge in [0.15, 0.2) is 0 Å². The van der Waals surface area contributed by atoms with Crippen molar-refractivity contribution in [3.63, 3.8) is 0 Å². The van der Waals surface area contributed by atoms with Crippen LogP contribution in [0, 0.1) is 0 Å². The maximum absolute atomic E-state index is 5.99. The third-order valence-electron chi connectivity index (χ3n) is 4.12. The van der Waals surface area contributed by atoms with Gasteiger partial charge in [-0.05, 0) is 46.8 Å². The SMILES string of the molecule is CCCC(C)(CN)N1CCCC(N(C)C)C1. The van der Waals surface area contributed by atoms with E-state index in [2.05, 4.69) is 37.7 Å². The van der Waals surface area contributed by atoms with E-state index in [9.17, 15) is 0 Å².